The highest BCUT2D eigenvalue weighted by Crippen LogP contribution is 2.32. The van der Waals surface area contributed by atoms with E-state index in [4.69, 9.17) is 9.15 Å². The van der Waals surface area contributed by atoms with Crippen LogP contribution >= 0.6 is 0 Å². The Morgan fingerprint density at radius 1 is 1.08 bits per heavy atom. The highest BCUT2D eigenvalue weighted by molar-refractivity contribution is 5.79. The maximum absolute atomic E-state index is 13.7. The Balaban J connectivity index is 1.70. The summed E-state index contributed by atoms with van der Waals surface area (Å²) in [4.78, 5) is 18.9. The van der Waals surface area contributed by atoms with Crippen LogP contribution in [0, 0.1) is 6.92 Å². The molecule has 0 saturated heterocycles. The summed E-state index contributed by atoms with van der Waals surface area (Å²) in [5.74, 6) is 2.13. The zero-order valence-electron chi connectivity index (χ0n) is 22.3. The van der Waals surface area contributed by atoms with Gasteiger partial charge in [0.15, 0.2) is 5.82 Å². The summed E-state index contributed by atoms with van der Waals surface area (Å²) in [6.45, 7) is 9.07. The highest BCUT2D eigenvalue weighted by atomic mass is 16.5. The number of aryl methyl sites for hydroxylation is 1. The first-order valence-electron chi connectivity index (χ1n) is 12.5. The molecule has 0 saturated carbocycles. The average Bonchev–Trinajstić information content (AvgIpc) is 3.57. The summed E-state index contributed by atoms with van der Waals surface area (Å²) in [5.41, 5.74) is 2.88. The number of aromatic amines is 1. The number of benzene rings is 2. The van der Waals surface area contributed by atoms with E-state index in [0.29, 0.717) is 24.5 Å². The molecule has 9 nitrogen and oxygen atoms in total. The second-order valence-corrected chi connectivity index (χ2v) is 10.5. The fourth-order valence-corrected chi connectivity index (χ4v) is 4.68. The monoisotopic (exact) mass is 512 g/mol. The number of rotatable bonds is 8. The maximum atomic E-state index is 13.7. The summed E-state index contributed by atoms with van der Waals surface area (Å²) >= 11 is 0. The lowest BCUT2D eigenvalue weighted by molar-refractivity contribution is 0.171. The molecule has 0 spiro atoms. The number of H-pyrrole nitrogens is 1. The van der Waals surface area contributed by atoms with E-state index in [1.807, 2.05) is 88.4 Å². The molecular formula is C29H32N6O3. The molecule has 196 valence electrons. The molecule has 9 heteroatoms. The Labute approximate surface area is 221 Å². The van der Waals surface area contributed by atoms with Gasteiger partial charge in [-0.3, -0.25) is 9.69 Å². The van der Waals surface area contributed by atoms with Gasteiger partial charge in [0.25, 0.3) is 5.56 Å². The minimum absolute atomic E-state index is 0.185. The molecule has 0 fully saturated rings. The standard InChI is InChI=1S/C29H32N6O3/c1-19-8-11-21-16-24(28(36)30-25(21)15-19)26(27-31-32-33-35(27)29(2,3)4)34(18-23-7-6-14-38-23)17-20-9-12-22(37-5)13-10-20/h6-16,26H,17-18H2,1-5H3,(H,30,36). The van der Waals surface area contributed by atoms with E-state index in [9.17, 15) is 4.79 Å². The van der Waals surface area contributed by atoms with Gasteiger partial charge in [-0.1, -0.05) is 24.3 Å². The van der Waals surface area contributed by atoms with Crippen molar-refractivity contribution in [2.75, 3.05) is 7.11 Å². The van der Waals surface area contributed by atoms with Crippen molar-refractivity contribution in [3.05, 3.63) is 106 Å². The zero-order chi connectivity index (χ0) is 26.9. The first-order chi connectivity index (χ1) is 18.2. The van der Waals surface area contributed by atoms with Crippen LogP contribution in [0.4, 0.5) is 0 Å². The van der Waals surface area contributed by atoms with Gasteiger partial charge in [-0.2, -0.15) is 0 Å². The van der Waals surface area contributed by atoms with Gasteiger partial charge in [0.1, 0.15) is 17.6 Å². The van der Waals surface area contributed by atoms with E-state index in [1.54, 1.807) is 18.1 Å². The fourth-order valence-electron chi connectivity index (χ4n) is 4.68. The Bertz CT molecular complexity index is 1580. The molecular weight excluding hydrogens is 480 g/mol. The molecule has 0 aliphatic rings. The lowest BCUT2D eigenvalue weighted by atomic mass is 10.0. The largest absolute Gasteiger partial charge is 0.497 e. The van der Waals surface area contributed by atoms with Gasteiger partial charge in [-0.05, 0) is 91.0 Å². The van der Waals surface area contributed by atoms with Crippen molar-refractivity contribution in [3.63, 3.8) is 0 Å². The van der Waals surface area contributed by atoms with Crippen LogP contribution < -0.4 is 10.3 Å². The molecule has 0 aliphatic carbocycles. The van der Waals surface area contributed by atoms with Crippen molar-refractivity contribution in [2.45, 2.75) is 52.4 Å². The molecule has 5 rings (SSSR count). The van der Waals surface area contributed by atoms with Gasteiger partial charge >= 0.3 is 0 Å². The summed E-state index contributed by atoms with van der Waals surface area (Å²) in [7, 11) is 1.65. The average molecular weight is 513 g/mol. The number of furan rings is 1. The van der Waals surface area contributed by atoms with E-state index in [1.165, 1.54) is 0 Å². The quantitative estimate of drug-likeness (QED) is 0.313. The Morgan fingerprint density at radius 2 is 1.87 bits per heavy atom. The van der Waals surface area contributed by atoms with E-state index < -0.39 is 11.6 Å². The van der Waals surface area contributed by atoms with E-state index in [2.05, 4.69) is 25.4 Å². The minimum atomic E-state index is -0.564. The summed E-state index contributed by atoms with van der Waals surface area (Å²) in [5, 5.41) is 13.8. The zero-order valence-corrected chi connectivity index (χ0v) is 22.3. The topological polar surface area (TPSA) is 102 Å². The van der Waals surface area contributed by atoms with Crippen LogP contribution in [0.5, 0.6) is 5.75 Å². The number of tetrazole rings is 1. The number of hydrogen-bond donors (Lipinski definition) is 1. The number of fused-ring (bicyclic) bond motifs is 1. The Hall–Kier alpha value is -4.24. The molecule has 2 aromatic carbocycles. The number of nitrogens with zero attached hydrogens (tertiary/aromatic N) is 5. The van der Waals surface area contributed by atoms with Crippen LogP contribution in [-0.2, 0) is 18.6 Å². The Kier molecular flexibility index (Phi) is 6.86. The molecule has 0 bridgehead atoms. The van der Waals surface area contributed by atoms with Crippen LogP contribution in [0.25, 0.3) is 10.9 Å². The van der Waals surface area contributed by atoms with E-state index in [0.717, 1.165) is 33.5 Å². The lowest BCUT2D eigenvalue weighted by Gasteiger charge is -2.32. The fraction of sp³-hybridized carbons (Fsp3) is 0.310. The number of pyridine rings is 1. The highest BCUT2D eigenvalue weighted by Gasteiger charge is 2.34. The van der Waals surface area contributed by atoms with Gasteiger partial charge in [-0.25, -0.2) is 4.68 Å². The smallest absolute Gasteiger partial charge is 0.253 e. The number of aromatic nitrogens is 5. The van der Waals surface area contributed by atoms with Crippen LogP contribution in [0.1, 0.15) is 55.1 Å². The lowest BCUT2D eigenvalue weighted by Crippen LogP contribution is -2.37. The number of hydrogen-bond acceptors (Lipinski definition) is 7. The van der Waals surface area contributed by atoms with Crippen LogP contribution in [0.3, 0.4) is 0 Å². The summed E-state index contributed by atoms with van der Waals surface area (Å²) < 4.78 is 12.9. The molecule has 3 heterocycles. The van der Waals surface area contributed by atoms with Crippen LogP contribution in [0.15, 0.2) is 76.1 Å². The SMILES string of the molecule is COc1ccc(CN(Cc2ccco2)C(c2cc3ccc(C)cc3[nH]c2=O)c2nnnn2C(C)(C)C)cc1. The van der Waals surface area contributed by atoms with Crippen molar-refractivity contribution in [3.8, 4) is 5.75 Å². The van der Waals surface area contributed by atoms with E-state index in [-0.39, 0.29) is 5.56 Å². The van der Waals surface area contributed by atoms with Crippen molar-refractivity contribution in [1.82, 2.24) is 30.1 Å². The van der Waals surface area contributed by atoms with Crippen LogP contribution in [-0.4, -0.2) is 37.2 Å². The van der Waals surface area contributed by atoms with Gasteiger partial charge in [0.2, 0.25) is 0 Å². The molecule has 1 unspecified atom stereocenters. The molecule has 0 aliphatic heterocycles. The maximum Gasteiger partial charge on any atom is 0.253 e. The third-order valence-corrected chi connectivity index (χ3v) is 6.55. The van der Waals surface area contributed by atoms with Crippen LogP contribution in [0.2, 0.25) is 0 Å². The van der Waals surface area contributed by atoms with Crippen molar-refractivity contribution in [1.29, 1.82) is 0 Å². The third kappa shape index (κ3) is 5.24. The van der Waals surface area contributed by atoms with Gasteiger partial charge in [0.05, 0.1) is 25.5 Å². The number of nitrogens with one attached hydrogen (secondary N) is 1. The molecule has 38 heavy (non-hydrogen) atoms. The second-order valence-electron chi connectivity index (χ2n) is 10.5. The van der Waals surface area contributed by atoms with Gasteiger partial charge in [0, 0.05) is 17.6 Å². The molecule has 0 amide bonds. The first-order valence-corrected chi connectivity index (χ1v) is 12.5. The number of methoxy groups -OCH3 is 1. The molecule has 1 N–H and O–H groups in total. The van der Waals surface area contributed by atoms with Crippen molar-refractivity contribution < 1.29 is 9.15 Å². The Morgan fingerprint density at radius 3 is 2.55 bits per heavy atom. The van der Waals surface area contributed by atoms with E-state index >= 15 is 0 Å². The molecule has 1 atom stereocenters. The normalized spacial score (nSPS) is 12.8. The summed E-state index contributed by atoms with van der Waals surface area (Å²) in [6.07, 6.45) is 1.65. The number of ether oxygens (including phenoxy) is 1. The predicted molar refractivity (Wildman–Crippen MR) is 145 cm³/mol. The first kappa shape index (κ1) is 25.4. The summed E-state index contributed by atoms with van der Waals surface area (Å²) in [6, 6.07) is 19.1. The molecule has 0 radical (unpaired) electrons. The van der Waals surface area contributed by atoms with Crippen molar-refractivity contribution in [2.24, 2.45) is 0 Å². The third-order valence-electron chi connectivity index (χ3n) is 6.55. The second kappa shape index (κ2) is 10.3. The molecule has 5 aromatic rings. The molecule has 3 aromatic heterocycles. The van der Waals surface area contributed by atoms with Gasteiger partial charge < -0.3 is 14.1 Å². The minimum Gasteiger partial charge on any atom is -0.497 e. The van der Waals surface area contributed by atoms with Gasteiger partial charge in [-0.15, -0.1) is 5.10 Å². The predicted octanol–water partition coefficient (Wildman–Crippen LogP) is 4.97. The van der Waals surface area contributed by atoms with Crippen molar-refractivity contribution >= 4 is 10.9 Å².